The maximum Gasteiger partial charge on any atom is 0.248 e. The molecule has 1 aromatic heterocycles. The number of amides is 1. The molecule has 8 nitrogen and oxygen atoms in total. The summed E-state index contributed by atoms with van der Waals surface area (Å²) in [5, 5.41) is 3.94. The number of aryl methyl sites for hydroxylation is 1. The van der Waals surface area contributed by atoms with Crippen LogP contribution in [0, 0.1) is 6.92 Å². The van der Waals surface area contributed by atoms with Crippen molar-refractivity contribution >= 4 is 5.91 Å². The number of ether oxygens (including phenoxy) is 2. The molecule has 1 aromatic rings. The Balaban J connectivity index is 1.86. The maximum atomic E-state index is 11.5. The molecule has 130 valence electrons. The van der Waals surface area contributed by atoms with Crippen LogP contribution in [-0.4, -0.2) is 78.0 Å². The summed E-state index contributed by atoms with van der Waals surface area (Å²) in [6, 6.07) is 0. The Morgan fingerprint density at radius 1 is 1.48 bits per heavy atom. The first-order valence-corrected chi connectivity index (χ1v) is 7.72. The molecule has 1 fully saturated rings. The third-order valence-corrected chi connectivity index (χ3v) is 3.51. The van der Waals surface area contributed by atoms with Crippen molar-refractivity contribution in [2.24, 2.45) is 0 Å². The molecule has 1 amide bonds. The lowest BCUT2D eigenvalue weighted by Gasteiger charge is -2.42. The standard InChI is InChI=1S/C15H26N4O4/c1-11-16-13(17-23-11)7-19-6-12(22-15(2,3)10-19)8-21-9-14(20)18(4)5/h12H,6-10H2,1-5H3. The summed E-state index contributed by atoms with van der Waals surface area (Å²) in [6.45, 7) is 8.38. The van der Waals surface area contributed by atoms with Gasteiger partial charge in [0, 0.05) is 34.1 Å². The number of carbonyl (C=O) groups is 1. The Hall–Kier alpha value is -1.51. The molecule has 0 bridgehead atoms. The van der Waals surface area contributed by atoms with E-state index in [0.717, 1.165) is 6.54 Å². The lowest BCUT2D eigenvalue weighted by atomic mass is 10.1. The fourth-order valence-corrected chi connectivity index (χ4v) is 2.64. The van der Waals surface area contributed by atoms with Crippen LogP contribution in [0.1, 0.15) is 25.6 Å². The lowest BCUT2D eigenvalue weighted by Crippen LogP contribution is -2.53. The molecule has 23 heavy (non-hydrogen) atoms. The first kappa shape index (κ1) is 17.8. The summed E-state index contributed by atoms with van der Waals surface area (Å²) in [4.78, 5) is 19.5. The molecule has 1 aliphatic heterocycles. The molecule has 0 spiro atoms. The van der Waals surface area contributed by atoms with Crippen LogP contribution in [0.25, 0.3) is 0 Å². The molecule has 0 aliphatic carbocycles. The Labute approximate surface area is 136 Å². The van der Waals surface area contributed by atoms with Crippen molar-refractivity contribution in [3.8, 4) is 0 Å². The average molecular weight is 326 g/mol. The quantitative estimate of drug-likeness (QED) is 0.751. The van der Waals surface area contributed by atoms with Gasteiger partial charge in [-0.2, -0.15) is 4.98 Å². The fourth-order valence-electron chi connectivity index (χ4n) is 2.64. The van der Waals surface area contributed by atoms with Crippen LogP contribution in [0.5, 0.6) is 0 Å². The second-order valence-electron chi connectivity index (χ2n) is 6.70. The monoisotopic (exact) mass is 326 g/mol. The molecular formula is C15H26N4O4. The van der Waals surface area contributed by atoms with Crippen LogP contribution in [0.2, 0.25) is 0 Å². The molecule has 1 saturated heterocycles. The van der Waals surface area contributed by atoms with Crippen LogP contribution in [0.4, 0.5) is 0 Å². The number of hydrogen-bond donors (Lipinski definition) is 0. The van der Waals surface area contributed by atoms with Crippen LogP contribution >= 0.6 is 0 Å². The molecule has 1 atom stereocenters. The van der Waals surface area contributed by atoms with Gasteiger partial charge in [0.1, 0.15) is 6.61 Å². The molecule has 1 aliphatic rings. The van der Waals surface area contributed by atoms with Gasteiger partial charge >= 0.3 is 0 Å². The van der Waals surface area contributed by atoms with Crippen LogP contribution in [0.3, 0.4) is 0 Å². The van der Waals surface area contributed by atoms with Gasteiger partial charge in [0.2, 0.25) is 11.8 Å². The zero-order valence-electron chi connectivity index (χ0n) is 14.5. The zero-order chi connectivity index (χ0) is 17.0. The molecule has 2 rings (SSSR count). The second-order valence-corrected chi connectivity index (χ2v) is 6.70. The molecule has 2 heterocycles. The minimum Gasteiger partial charge on any atom is -0.369 e. The predicted molar refractivity (Wildman–Crippen MR) is 82.8 cm³/mol. The highest BCUT2D eigenvalue weighted by molar-refractivity contribution is 5.76. The van der Waals surface area contributed by atoms with E-state index in [0.29, 0.717) is 31.4 Å². The van der Waals surface area contributed by atoms with Gasteiger partial charge in [-0.15, -0.1) is 0 Å². The van der Waals surface area contributed by atoms with E-state index >= 15 is 0 Å². The predicted octanol–water partition coefficient (Wildman–Crippen LogP) is 0.462. The third-order valence-electron chi connectivity index (χ3n) is 3.51. The van der Waals surface area contributed by atoms with Crippen molar-refractivity contribution in [2.45, 2.75) is 39.0 Å². The smallest absolute Gasteiger partial charge is 0.248 e. The third kappa shape index (κ3) is 5.56. The van der Waals surface area contributed by atoms with Gasteiger partial charge in [0.25, 0.3) is 0 Å². The normalized spacial score (nSPS) is 21.3. The van der Waals surface area contributed by atoms with Crippen molar-refractivity contribution in [1.82, 2.24) is 19.9 Å². The molecule has 8 heteroatoms. The van der Waals surface area contributed by atoms with E-state index in [4.69, 9.17) is 14.0 Å². The zero-order valence-corrected chi connectivity index (χ0v) is 14.5. The minimum absolute atomic E-state index is 0.0563. The summed E-state index contributed by atoms with van der Waals surface area (Å²) in [7, 11) is 3.42. The van der Waals surface area contributed by atoms with Crippen LogP contribution in [-0.2, 0) is 20.8 Å². The van der Waals surface area contributed by atoms with Crippen molar-refractivity contribution in [1.29, 1.82) is 0 Å². The summed E-state index contributed by atoms with van der Waals surface area (Å²) in [5.74, 6) is 1.18. The van der Waals surface area contributed by atoms with Crippen molar-refractivity contribution in [3.05, 3.63) is 11.7 Å². The lowest BCUT2D eigenvalue weighted by molar-refractivity contribution is -0.161. The first-order valence-electron chi connectivity index (χ1n) is 7.72. The number of rotatable bonds is 6. The van der Waals surface area contributed by atoms with E-state index in [-0.39, 0.29) is 24.2 Å². The molecule has 1 unspecified atom stereocenters. The molecule has 0 saturated carbocycles. The fraction of sp³-hybridized carbons (Fsp3) is 0.800. The van der Waals surface area contributed by atoms with Gasteiger partial charge in [0.15, 0.2) is 5.82 Å². The van der Waals surface area contributed by atoms with Gasteiger partial charge < -0.3 is 18.9 Å². The maximum absolute atomic E-state index is 11.5. The van der Waals surface area contributed by atoms with Crippen molar-refractivity contribution in [3.63, 3.8) is 0 Å². The van der Waals surface area contributed by atoms with E-state index in [1.165, 1.54) is 4.90 Å². The summed E-state index contributed by atoms with van der Waals surface area (Å²) in [5.41, 5.74) is -0.295. The number of carbonyl (C=O) groups excluding carboxylic acids is 1. The average Bonchev–Trinajstić information content (AvgIpc) is 2.82. The molecular weight excluding hydrogens is 300 g/mol. The van der Waals surface area contributed by atoms with Crippen molar-refractivity contribution in [2.75, 3.05) is 40.4 Å². The summed E-state index contributed by atoms with van der Waals surface area (Å²) >= 11 is 0. The highest BCUT2D eigenvalue weighted by Gasteiger charge is 2.34. The molecule has 0 N–H and O–H groups in total. The van der Waals surface area contributed by atoms with Crippen molar-refractivity contribution < 1.29 is 18.8 Å². The van der Waals surface area contributed by atoms with Crippen LogP contribution in [0.15, 0.2) is 4.52 Å². The number of morpholine rings is 1. The van der Waals surface area contributed by atoms with Gasteiger partial charge in [-0.05, 0) is 13.8 Å². The second kappa shape index (κ2) is 7.37. The number of aromatic nitrogens is 2. The Kier molecular flexibility index (Phi) is 5.72. The van der Waals surface area contributed by atoms with Gasteiger partial charge in [-0.1, -0.05) is 5.16 Å². The van der Waals surface area contributed by atoms with E-state index in [9.17, 15) is 4.79 Å². The first-order chi connectivity index (χ1) is 10.7. The van der Waals surface area contributed by atoms with E-state index in [2.05, 4.69) is 15.0 Å². The van der Waals surface area contributed by atoms with E-state index < -0.39 is 0 Å². The number of nitrogens with zero attached hydrogens (tertiary/aromatic N) is 4. The van der Waals surface area contributed by atoms with Gasteiger partial charge in [-0.3, -0.25) is 9.69 Å². The minimum atomic E-state index is -0.295. The Morgan fingerprint density at radius 2 is 2.22 bits per heavy atom. The van der Waals surface area contributed by atoms with Gasteiger partial charge in [-0.25, -0.2) is 0 Å². The highest BCUT2D eigenvalue weighted by Crippen LogP contribution is 2.22. The summed E-state index contributed by atoms with van der Waals surface area (Å²) < 4.78 is 16.5. The molecule has 0 radical (unpaired) electrons. The summed E-state index contributed by atoms with van der Waals surface area (Å²) in [6.07, 6.45) is -0.0956. The highest BCUT2D eigenvalue weighted by atomic mass is 16.6. The van der Waals surface area contributed by atoms with E-state index in [1.807, 2.05) is 13.8 Å². The van der Waals surface area contributed by atoms with Gasteiger partial charge in [0.05, 0.1) is 24.9 Å². The Morgan fingerprint density at radius 3 is 2.83 bits per heavy atom. The molecule has 0 aromatic carbocycles. The van der Waals surface area contributed by atoms with Crippen LogP contribution < -0.4 is 0 Å². The number of hydrogen-bond acceptors (Lipinski definition) is 7. The Bertz CT molecular complexity index is 529. The SMILES string of the molecule is Cc1nc(CN2CC(COCC(=O)N(C)C)OC(C)(C)C2)no1. The number of likely N-dealkylation sites (N-methyl/N-ethyl adjacent to an activating group) is 1. The largest absolute Gasteiger partial charge is 0.369 e. The topological polar surface area (TPSA) is 80.9 Å². The van der Waals surface area contributed by atoms with E-state index in [1.54, 1.807) is 21.0 Å².